The van der Waals surface area contributed by atoms with Crippen LogP contribution in [0.4, 0.5) is 0 Å². The van der Waals surface area contributed by atoms with Crippen LogP contribution in [0.25, 0.3) is 0 Å². The van der Waals surface area contributed by atoms with Crippen LogP contribution in [0.2, 0.25) is 10.0 Å². The largest absolute Gasteiger partial charge is 0.353 e. The number of amides is 1. The summed E-state index contributed by atoms with van der Waals surface area (Å²) in [4.78, 5) is 12.8. The molecular formula is C21H31Cl2N3O3S. The molecule has 2 heterocycles. The number of hydrogen-bond acceptors (Lipinski definition) is 4. The summed E-state index contributed by atoms with van der Waals surface area (Å²) in [5.41, 5.74) is -0.100. The Balaban J connectivity index is 1.62. The molecule has 168 valence electrons. The first-order valence-electron chi connectivity index (χ1n) is 10.3. The van der Waals surface area contributed by atoms with Crippen molar-refractivity contribution in [3.05, 3.63) is 28.2 Å². The minimum absolute atomic E-state index is 0.0151. The van der Waals surface area contributed by atoms with Gasteiger partial charge in [0.2, 0.25) is 15.9 Å². The van der Waals surface area contributed by atoms with E-state index >= 15 is 0 Å². The number of nitrogens with zero attached hydrogens (tertiary/aromatic N) is 1. The maximum atomic E-state index is 13.0. The highest BCUT2D eigenvalue weighted by Gasteiger charge is 2.40. The van der Waals surface area contributed by atoms with Gasteiger partial charge < -0.3 is 10.6 Å². The van der Waals surface area contributed by atoms with Crippen LogP contribution in [-0.2, 0) is 14.8 Å². The third kappa shape index (κ3) is 5.30. The smallest absolute Gasteiger partial charge is 0.246 e. The van der Waals surface area contributed by atoms with E-state index in [-0.39, 0.29) is 57.0 Å². The minimum atomic E-state index is -3.80. The fraction of sp³-hybridized carbons (Fsp3) is 0.667. The summed E-state index contributed by atoms with van der Waals surface area (Å²) in [7, 11) is -3.80. The van der Waals surface area contributed by atoms with Crippen molar-refractivity contribution in [2.75, 3.05) is 13.1 Å². The molecule has 9 heteroatoms. The lowest BCUT2D eigenvalue weighted by molar-refractivity contribution is -0.127. The molecule has 1 aromatic rings. The molecule has 1 amide bonds. The number of sulfonamides is 1. The molecule has 1 aromatic carbocycles. The molecule has 3 rings (SSSR count). The Bertz CT molecular complexity index is 874. The predicted octanol–water partition coefficient (Wildman–Crippen LogP) is 3.82. The van der Waals surface area contributed by atoms with Crippen molar-refractivity contribution < 1.29 is 13.2 Å². The molecule has 6 nitrogen and oxygen atoms in total. The number of carbonyl (C=O) groups is 1. The molecule has 0 atom stereocenters. The van der Waals surface area contributed by atoms with E-state index in [4.69, 9.17) is 23.2 Å². The number of nitrogens with one attached hydrogen (secondary N) is 2. The molecule has 0 saturated carbocycles. The van der Waals surface area contributed by atoms with Crippen molar-refractivity contribution in [1.82, 2.24) is 14.9 Å². The van der Waals surface area contributed by atoms with Crippen molar-refractivity contribution in [2.24, 2.45) is 5.92 Å². The second-order valence-electron chi connectivity index (χ2n) is 9.74. The zero-order chi connectivity index (χ0) is 22.3. The van der Waals surface area contributed by atoms with Gasteiger partial charge in [-0.1, -0.05) is 29.3 Å². The van der Waals surface area contributed by atoms with Crippen LogP contribution in [0.3, 0.4) is 0 Å². The lowest BCUT2D eigenvalue weighted by Crippen LogP contribution is -2.62. The van der Waals surface area contributed by atoms with E-state index in [1.807, 2.05) is 0 Å². The minimum Gasteiger partial charge on any atom is -0.353 e. The molecule has 2 aliphatic rings. The summed E-state index contributed by atoms with van der Waals surface area (Å²) in [5.74, 6) is -0.180. The standard InChI is InChI=1S/C21H31Cl2N3O3S/c1-20(2)12-15(13-21(3,4)25-20)24-19(27)14-8-10-26(11-9-14)30(28,29)18-16(22)6-5-7-17(18)23/h5-7,14-15,25H,8-13H2,1-4H3,(H,24,27). The van der Waals surface area contributed by atoms with Crippen LogP contribution in [0.5, 0.6) is 0 Å². The van der Waals surface area contributed by atoms with Gasteiger partial charge in [-0.05, 0) is 65.5 Å². The summed E-state index contributed by atoms with van der Waals surface area (Å²) in [6.45, 7) is 9.13. The van der Waals surface area contributed by atoms with Crippen molar-refractivity contribution in [1.29, 1.82) is 0 Å². The number of halogens is 2. The Hall–Kier alpha value is -0.860. The van der Waals surface area contributed by atoms with Crippen LogP contribution in [-0.4, -0.2) is 48.8 Å². The predicted molar refractivity (Wildman–Crippen MR) is 120 cm³/mol. The molecule has 0 aromatic heterocycles. The molecule has 0 aliphatic carbocycles. The third-order valence-corrected chi connectivity index (χ3v) is 8.73. The third-order valence-electron chi connectivity index (χ3n) is 5.88. The molecule has 0 unspecified atom stereocenters. The van der Waals surface area contributed by atoms with E-state index in [1.165, 1.54) is 16.4 Å². The highest BCUT2D eigenvalue weighted by atomic mass is 35.5. The fourth-order valence-corrected chi connectivity index (χ4v) is 7.52. The number of hydrogen-bond donors (Lipinski definition) is 2. The summed E-state index contributed by atoms with van der Waals surface area (Å²) in [5, 5.41) is 7.05. The normalized spacial score (nSPS) is 23.3. The van der Waals surface area contributed by atoms with Gasteiger partial charge in [-0.3, -0.25) is 4.79 Å². The lowest BCUT2D eigenvalue weighted by atomic mass is 9.79. The zero-order valence-corrected chi connectivity index (χ0v) is 20.3. The average Bonchev–Trinajstić information content (AvgIpc) is 2.58. The van der Waals surface area contributed by atoms with Gasteiger partial charge in [-0.2, -0.15) is 4.31 Å². The average molecular weight is 476 g/mol. The van der Waals surface area contributed by atoms with E-state index in [1.54, 1.807) is 6.07 Å². The molecule has 0 radical (unpaired) electrons. The molecule has 2 fully saturated rings. The van der Waals surface area contributed by atoms with Gasteiger partial charge in [0.15, 0.2) is 0 Å². The van der Waals surface area contributed by atoms with Crippen LogP contribution in [0.1, 0.15) is 53.4 Å². The molecule has 30 heavy (non-hydrogen) atoms. The monoisotopic (exact) mass is 475 g/mol. The van der Waals surface area contributed by atoms with Gasteiger partial charge >= 0.3 is 0 Å². The van der Waals surface area contributed by atoms with E-state index in [2.05, 4.69) is 38.3 Å². The van der Waals surface area contributed by atoms with Crippen molar-refractivity contribution in [3.63, 3.8) is 0 Å². The Morgan fingerprint density at radius 3 is 2.07 bits per heavy atom. The van der Waals surface area contributed by atoms with Crippen LogP contribution in [0.15, 0.2) is 23.1 Å². The van der Waals surface area contributed by atoms with Gasteiger partial charge in [-0.25, -0.2) is 8.42 Å². The van der Waals surface area contributed by atoms with Gasteiger partial charge in [0.25, 0.3) is 0 Å². The van der Waals surface area contributed by atoms with Gasteiger partial charge in [0, 0.05) is 36.1 Å². The van der Waals surface area contributed by atoms with Crippen molar-refractivity contribution in [2.45, 2.75) is 75.4 Å². The number of carbonyl (C=O) groups excluding carboxylic acids is 1. The number of rotatable bonds is 4. The van der Waals surface area contributed by atoms with Gasteiger partial charge in [0.1, 0.15) is 4.90 Å². The Kier molecular flexibility index (Phi) is 6.81. The van der Waals surface area contributed by atoms with E-state index in [0.29, 0.717) is 12.8 Å². The molecule has 2 aliphatic heterocycles. The summed E-state index contributed by atoms with van der Waals surface area (Å²) < 4.78 is 27.4. The molecule has 0 spiro atoms. The second-order valence-corrected chi connectivity index (χ2v) is 12.4. The first-order valence-corrected chi connectivity index (χ1v) is 12.5. The summed E-state index contributed by atoms with van der Waals surface area (Å²) >= 11 is 12.2. The number of piperidine rings is 2. The maximum Gasteiger partial charge on any atom is 0.246 e. The van der Waals surface area contributed by atoms with E-state index in [9.17, 15) is 13.2 Å². The van der Waals surface area contributed by atoms with Crippen LogP contribution >= 0.6 is 23.2 Å². The zero-order valence-electron chi connectivity index (χ0n) is 18.0. The molecule has 2 N–H and O–H groups in total. The Labute approximate surface area is 189 Å². The second kappa shape index (κ2) is 8.58. The van der Waals surface area contributed by atoms with Crippen molar-refractivity contribution in [3.8, 4) is 0 Å². The Morgan fingerprint density at radius 2 is 1.57 bits per heavy atom. The topological polar surface area (TPSA) is 78.5 Å². The molecule has 0 bridgehead atoms. The quantitative estimate of drug-likeness (QED) is 0.693. The highest BCUT2D eigenvalue weighted by molar-refractivity contribution is 7.89. The number of benzene rings is 1. The van der Waals surface area contributed by atoms with Gasteiger partial charge in [-0.15, -0.1) is 0 Å². The van der Waals surface area contributed by atoms with Crippen LogP contribution < -0.4 is 10.6 Å². The van der Waals surface area contributed by atoms with Gasteiger partial charge in [0.05, 0.1) is 10.0 Å². The maximum absolute atomic E-state index is 13.0. The van der Waals surface area contributed by atoms with Crippen LogP contribution in [0, 0.1) is 5.92 Å². The first-order chi connectivity index (χ1) is 13.8. The lowest BCUT2D eigenvalue weighted by Gasteiger charge is -2.47. The molecular weight excluding hydrogens is 445 g/mol. The SMILES string of the molecule is CC1(C)CC(NC(=O)C2CCN(S(=O)(=O)c3c(Cl)cccc3Cl)CC2)CC(C)(C)N1. The fourth-order valence-electron chi connectivity index (χ4n) is 4.96. The van der Waals surface area contributed by atoms with E-state index < -0.39 is 10.0 Å². The van der Waals surface area contributed by atoms with E-state index in [0.717, 1.165) is 12.8 Å². The summed E-state index contributed by atoms with van der Waals surface area (Å²) in [6.07, 6.45) is 2.68. The summed E-state index contributed by atoms with van der Waals surface area (Å²) in [6, 6.07) is 4.75. The molecule has 2 saturated heterocycles. The first kappa shape index (κ1) is 23.8. The highest BCUT2D eigenvalue weighted by Crippen LogP contribution is 2.34. The van der Waals surface area contributed by atoms with Crippen molar-refractivity contribution >= 4 is 39.1 Å². The Morgan fingerprint density at radius 1 is 1.07 bits per heavy atom.